The summed E-state index contributed by atoms with van der Waals surface area (Å²) >= 11 is 0. The van der Waals surface area contributed by atoms with E-state index in [0.717, 1.165) is 17.7 Å². The average molecular weight is 464 g/mol. The standard InChI is InChI=1S/C24H24F4N2O3/c1-2-10-32-16-21(31)14-30(13-17-4-3-5-19(11-17)24(26,27)28)15-22-12-23(29-33-22)18-6-8-20(25)9-7-18/h1,3-9,11,21-22,31H,10,12-16H2. The van der Waals surface area contributed by atoms with Gasteiger partial charge in [0, 0.05) is 26.1 Å². The van der Waals surface area contributed by atoms with Gasteiger partial charge in [0.15, 0.2) is 0 Å². The van der Waals surface area contributed by atoms with Gasteiger partial charge in [-0.2, -0.15) is 13.2 Å². The van der Waals surface area contributed by atoms with Crippen LogP contribution in [-0.4, -0.2) is 54.2 Å². The molecule has 0 saturated carbocycles. The Hall–Kier alpha value is -2.93. The Balaban J connectivity index is 1.67. The van der Waals surface area contributed by atoms with Crippen LogP contribution in [0.25, 0.3) is 0 Å². The summed E-state index contributed by atoms with van der Waals surface area (Å²) in [6.45, 7) is 0.627. The quantitative estimate of drug-likeness (QED) is 0.330. The SMILES string of the molecule is C#CCOCC(O)CN(Cc1cccc(C(F)(F)F)c1)CC1CC(c2ccc(F)cc2)=NO1. The zero-order valence-electron chi connectivity index (χ0n) is 17.8. The first-order chi connectivity index (χ1) is 15.7. The molecular weight excluding hydrogens is 440 g/mol. The molecule has 5 nitrogen and oxygen atoms in total. The third-order valence-electron chi connectivity index (χ3n) is 5.00. The van der Waals surface area contributed by atoms with Crippen LogP contribution in [0.15, 0.2) is 53.7 Å². The van der Waals surface area contributed by atoms with E-state index in [-0.39, 0.29) is 38.2 Å². The van der Waals surface area contributed by atoms with Gasteiger partial charge in [-0.25, -0.2) is 4.39 Å². The Morgan fingerprint density at radius 1 is 1.24 bits per heavy atom. The molecule has 0 saturated heterocycles. The topological polar surface area (TPSA) is 54.3 Å². The molecule has 2 unspecified atom stereocenters. The van der Waals surface area contributed by atoms with Crippen molar-refractivity contribution in [2.45, 2.75) is 31.3 Å². The lowest BCUT2D eigenvalue weighted by atomic mass is 10.0. The summed E-state index contributed by atoms with van der Waals surface area (Å²) in [5, 5.41) is 14.4. The molecule has 0 fully saturated rings. The largest absolute Gasteiger partial charge is 0.416 e. The smallest absolute Gasteiger partial charge is 0.390 e. The number of ether oxygens (including phenoxy) is 1. The summed E-state index contributed by atoms with van der Waals surface area (Å²) in [7, 11) is 0. The predicted molar refractivity (Wildman–Crippen MR) is 115 cm³/mol. The predicted octanol–water partition coefficient (Wildman–Crippen LogP) is 3.85. The van der Waals surface area contributed by atoms with Gasteiger partial charge in [0.1, 0.15) is 18.5 Å². The van der Waals surface area contributed by atoms with Crippen molar-refractivity contribution >= 4 is 5.71 Å². The van der Waals surface area contributed by atoms with Crippen molar-refractivity contribution < 1.29 is 32.2 Å². The Kier molecular flexibility index (Phi) is 8.44. The van der Waals surface area contributed by atoms with E-state index < -0.39 is 17.8 Å². The molecule has 2 aromatic rings. The summed E-state index contributed by atoms with van der Waals surface area (Å²) in [5.41, 5.74) is 1.08. The number of aliphatic hydroxyl groups is 1. The highest BCUT2D eigenvalue weighted by Crippen LogP contribution is 2.30. The second-order valence-electron chi connectivity index (χ2n) is 7.74. The van der Waals surface area contributed by atoms with Crippen LogP contribution < -0.4 is 0 Å². The second-order valence-corrected chi connectivity index (χ2v) is 7.74. The third-order valence-corrected chi connectivity index (χ3v) is 5.00. The number of halogens is 4. The Morgan fingerprint density at radius 3 is 2.70 bits per heavy atom. The van der Waals surface area contributed by atoms with Crippen molar-refractivity contribution in [3.63, 3.8) is 0 Å². The van der Waals surface area contributed by atoms with Crippen molar-refractivity contribution in [1.82, 2.24) is 4.90 Å². The molecule has 1 aliphatic rings. The van der Waals surface area contributed by atoms with Gasteiger partial charge in [-0.1, -0.05) is 41.4 Å². The summed E-state index contributed by atoms with van der Waals surface area (Å²) in [6, 6.07) is 10.9. The lowest BCUT2D eigenvalue weighted by Gasteiger charge is -2.27. The number of hydrogen-bond acceptors (Lipinski definition) is 5. The van der Waals surface area contributed by atoms with Gasteiger partial charge in [0.05, 0.1) is 24.0 Å². The minimum absolute atomic E-state index is 0.00779. The fraction of sp³-hybridized carbons (Fsp3) is 0.375. The highest BCUT2D eigenvalue weighted by Gasteiger charge is 2.31. The van der Waals surface area contributed by atoms with Crippen molar-refractivity contribution in [1.29, 1.82) is 0 Å². The van der Waals surface area contributed by atoms with Gasteiger partial charge in [0.25, 0.3) is 0 Å². The molecule has 3 rings (SSSR count). The molecule has 0 radical (unpaired) electrons. The number of benzene rings is 2. The minimum atomic E-state index is -4.45. The lowest BCUT2D eigenvalue weighted by Crippen LogP contribution is -2.39. The molecule has 2 aromatic carbocycles. The Morgan fingerprint density at radius 2 is 2.00 bits per heavy atom. The van der Waals surface area contributed by atoms with Gasteiger partial charge < -0.3 is 14.7 Å². The number of terminal acetylenes is 1. The number of alkyl halides is 3. The number of rotatable bonds is 10. The summed E-state index contributed by atoms with van der Waals surface area (Å²) in [5.74, 6) is 1.95. The fourth-order valence-corrected chi connectivity index (χ4v) is 3.54. The maximum Gasteiger partial charge on any atom is 0.416 e. The lowest BCUT2D eigenvalue weighted by molar-refractivity contribution is -0.137. The van der Waals surface area contributed by atoms with Gasteiger partial charge >= 0.3 is 6.18 Å². The average Bonchev–Trinajstić information content (AvgIpc) is 3.22. The van der Waals surface area contributed by atoms with E-state index in [0.29, 0.717) is 24.2 Å². The van der Waals surface area contributed by atoms with Crippen LogP contribution in [-0.2, 0) is 22.3 Å². The summed E-state index contributed by atoms with van der Waals surface area (Å²) in [4.78, 5) is 7.29. The molecule has 2 atom stereocenters. The molecule has 1 N–H and O–H groups in total. The zero-order valence-corrected chi connectivity index (χ0v) is 17.8. The van der Waals surface area contributed by atoms with Gasteiger partial charge in [-0.15, -0.1) is 6.42 Å². The van der Waals surface area contributed by atoms with Crippen molar-refractivity contribution in [3.05, 3.63) is 71.0 Å². The van der Waals surface area contributed by atoms with E-state index in [4.69, 9.17) is 16.0 Å². The first-order valence-electron chi connectivity index (χ1n) is 10.3. The molecule has 0 aromatic heterocycles. The summed E-state index contributed by atoms with van der Waals surface area (Å²) in [6.07, 6.45) is -0.153. The summed E-state index contributed by atoms with van der Waals surface area (Å²) < 4.78 is 57.6. The van der Waals surface area contributed by atoms with E-state index in [1.54, 1.807) is 23.1 Å². The van der Waals surface area contributed by atoms with Gasteiger partial charge in [-0.05, 0) is 29.3 Å². The molecule has 1 heterocycles. The van der Waals surface area contributed by atoms with E-state index >= 15 is 0 Å². The minimum Gasteiger partial charge on any atom is -0.390 e. The molecule has 33 heavy (non-hydrogen) atoms. The molecule has 9 heteroatoms. The maximum absolute atomic E-state index is 13.2. The van der Waals surface area contributed by atoms with Gasteiger partial charge in [-0.3, -0.25) is 4.90 Å². The third kappa shape index (κ3) is 7.56. The molecule has 0 spiro atoms. The molecular formula is C24H24F4N2O3. The number of nitrogens with zero attached hydrogens (tertiary/aromatic N) is 2. The Bertz CT molecular complexity index is 986. The number of hydrogen-bond donors (Lipinski definition) is 1. The molecule has 0 bridgehead atoms. The second kappa shape index (κ2) is 11.3. The van der Waals surface area contributed by atoms with Crippen LogP contribution in [0, 0.1) is 18.2 Å². The van der Waals surface area contributed by atoms with Crippen LogP contribution in [0.1, 0.15) is 23.1 Å². The molecule has 176 valence electrons. The monoisotopic (exact) mass is 464 g/mol. The fourth-order valence-electron chi connectivity index (χ4n) is 3.54. The normalized spacial score (nSPS) is 16.9. The van der Waals surface area contributed by atoms with Crippen LogP contribution >= 0.6 is 0 Å². The van der Waals surface area contributed by atoms with Crippen molar-refractivity contribution in [3.8, 4) is 12.3 Å². The van der Waals surface area contributed by atoms with Crippen LogP contribution in [0.2, 0.25) is 0 Å². The molecule has 1 aliphatic heterocycles. The molecule has 0 amide bonds. The van der Waals surface area contributed by atoms with Crippen molar-refractivity contribution in [2.24, 2.45) is 5.16 Å². The highest BCUT2D eigenvalue weighted by atomic mass is 19.4. The van der Waals surface area contributed by atoms with E-state index in [2.05, 4.69) is 11.1 Å². The van der Waals surface area contributed by atoms with Crippen LogP contribution in [0.3, 0.4) is 0 Å². The van der Waals surface area contributed by atoms with E-state index in [1.165, 1.54) is 18.2 Å². The molecule has 0 aliphatic carbocycles. The van der Waals surface area contributed by atoms with Crippen molar-refractivity contribution in [2.75, 3.05) is 26.3 Å². The van der Waals surface area contributed by atoms with Crippen LogP contribution in [0.4, 0.5) is 17.6 Å². The highest BCUT2D eigenvalue weighted by molar-refractivity contribution is 6.01. The van der Waals surface area contributed by atoms with E-state index in [9.17, 15) is 22.7 Å². The first kappa shape index (κ1) is 24.7. The van der Waals surface area contributed by atoms with Crippen LogP contribution in [0.5, 0.6) is 0 Å². The zero-order chi connectivity index (χ0) is 23.8. The first-order valence-corrected chi connectivity index (χ1v) is 10.3. The van der Waals surface area contributed by atoms with E-state index in [1.807, 2.05) is 0 Å². The van der Waals surface area contributed by atoms with Gasteiger partial charge in [0.2, 0.25) is 0 Å². The number of aliphatic hydroxyl groups excluding tert-OH is 1. The Labute approximate surface area is 189 Å². The number of oxime groups is 1. The maximum atomic E-state index is 13.2.